The molecule has 0 saturated carbocycles. The minimum absolute atomic E-state index is 0.335. The van der Waals surface area contributed by atoms with Gasteiger partial charge in [0.25, 0.3) is 5.91 Å². The third-order valence-electron chi connectivity index (χ3n) is 4.28. The number of hydrogen-bond donors (Lipinski definition) is 1. The number of benzene rings is 1. The van der Waals surface area contributed by atoms with E-state index in [2.05, 4.69) is 20.4 Å². The minimum Gasteiger partial charge on any atom is -0.497 e. The molecule has 0 unspecified atom stereocenters. The fourth-order valence-electron chi connectivity index (χ4n) is 2.88. The Bertz CT molecular complexity index is 1140. The van der Waals surface area contributed by atoms with Crippen molar-refractivity contribution in [3.05, 3.63) is 66.7 Å². The Morgan fingerprint density at radius 1 is 1.04 bits per heavy atom. The maximum Gasteiger partial charge on any atom is 0.261 e. The van der Waals surface area contributed by atoms with Crippen molar-refractivity contribution in [2.24, 2.45) is 0 Å². The van der Waals surface area contributed by atoms with Gasteiger partial charge < -0.3 is 14.8 Å². The number of hydrogen-bond acceptors (Lipinski definition) is 6. The number of nitrogens with one attached hydrogen (secondary N) is 1. The third kappa shape index (κ3) is 3.11. The standard InChI is InChI=1S/C20H17N5O3/c1-27-14-3-4-16(18(11-14)28-2)24-20(26)15-12-23-25-17(7-10-22-19(15)25)13-5-8-21-9-6-13/h3-12H,1-2H3,(H,24,26). The van der Waals surface area contributed by atoms with Gasteiger partial charge in [-0.2, -0.15) is 5.10 Å². The summed E-state index contributed by atoms with van der Waals surface area (Å²) in [6.07, 6.45) is 6.55. The lowest BCUT2D eigenvalue weighted by molar-refractivity contribution is 0.102. The molecule has 8 nitrogen and oxygen atoms in total. The van der Waals surface area contributed by atoms with Crippen LogP contribution in [-0.4, -0.2) is 39.7 Å². The Morgan fingerprint density at radius 2 is 1.86 bits per heavy atom. The van der Waals surface area contributed by atoms with Crippen molar-refractivity contribution >= 4 is 17.2 Å². The lowest BCUT2D eigenvalue weighted by atomic mass is 10.2. The predicted molar refractivity (Wildman–Crippen MR) is 104 cm³/mol. The van der Waals surface area contributed by atoms with Crippen molar-refractivity contribution in [1.82, 2.24) is 19.6 Å². The van der Waals surface area contributed by atoms with E-state index in [-0.39, 0.29) is 5.91 Å². The number of fused-ring (bicyclic) bond motifs is 1. The molecule has 4 rings (SSSR count). The normalized spacial score (nSPS) is 10.6. The molecule has 0 aliphatic heterocycles. The van der Waals surface area contributed by atoms with E-state index in [9.17, 15) is 4.79 Å². The van der Waals surface area contributed by atoms with Gasteiger partial charge in [0.15, 0.2) is 5.65 Å². The highest BCUT2D eigenvalue weighted by molar-refractivity contribution is 6.08. The highest BCUT2D eigenvalue weighted by atomic mass is 16.5. The molecule has 0 atom stereocenters. The minimum atomic E-state index is -0.335. The van der Waals surface area contributed by atoms with Crippen LogP contribution in [0, 0.1) is 0 Å². The van der Waals surface area contributed by atoms with Gasteiger partial charge in [0.2, 0.25) is 0 Å². The molecular formula is C20H17N5O3. The van der Waals surface area contributed by atoms with Crippen molar-refractivity contribution in [2.75, 3.05) is 19.5 Å². The van der Waals surface area contributed by atoms with Crippen LogP contribution < -0.4 is 14.8 Å². The summed E-state index contributed by atoms with van der Waals surface area (Å²) in [5.74, 6) is 0.793. The number of methoxy groups -OCH3 is 2. The molecule has 0 fully saturated rings. The molecule has 0 aliphatic rings. The maximum atomic E-state index is 12.9. The fourth-order valence-corrected chi connectivity index (χ4v) is 2.88. The van der Waals surface area contributed by atoms with Crippen LogP contribution in [-0.2, 0) is 0 Å². The third-order valence-corrected chi connectivity index (χ3v) is 4.28. The van der Waals surface area contributed by atoms with Crippen LogP contribution in [0.5, 0.6) is 11.5 Å². The monoisotopic (exact) mass is 375 g/mol. The molecule has 1 amide bonds. The highest BCUT2D eigenvalue weighted by Crippen LogP contribution is 2.29. The highest BCUT2D eigenvalue weighted by Gasteiger charge is 2.18. The van der Waals surface area contributed by atoms with Crippen molar-refractivity contribution < 1.29 is 14.3 Å². The van der Waals surface area contributed by atoms with E-state index in [1.54, 1.807) is 48.4 Å². The summed E-state index contributed by atoms with van der Waals surface area (Å²) >= 11 is 0. The molecule has 0 saturated heterocycles. The predicted octanol–water partition coefficient (Wildman–Crippen LogP) is 3.06. The smallest absolute Gasteiger partial charge is 0.261 e. The van der Waals surface area contributed by atoms with E-state index in [1.807, 2.05) is 18.2 Å². The van der Waals surface area contributed by atoms with Gasteiger partial charge in [-0.3, -0.25) is 9.78 Å². The SMILES string of the molecule is COc1ccc(NC(=O)c2cnn3c(-c4ccncc4)ccnc23)c(OC)c1. The first-order valence-electron chi connectivity index (χ1n) is 8.48. The summed E-state index contributed by atoms with van der Waals surface area (Å²) in [4.78, 5) is 21.2. The van der Waals surface area contributed by atoms with E-state index in [0.29, 0.717) is 28.4 Å². The molecule has 0 spiro atoms. The van der Waals surface area contributed by atoms with Crippen LogP contribution >= 0.6 is 0 Å². The van der Waals surface area contributed by atoms with E-state index in [0.717, 1.165) is 11.3 Å². The molecule has 3 aromatic heterocycles. The van der Waals surface area contributed by atoms with Crippen molar-refractivity contribution in [1.29, 1.82) is 0 Å². The zero-order valence-corrected chi connectivity index (χ0v) is 15.3. The molecular weight excluding hydrogens is 358 g/mol. The van der Waals surface area contributed by atoms with E-state index in [4.69, 9.17) is 9.47 Å². The van der Waals surface area contributed by atoms with Crippen LogP contribution in [0.25, 0.3) is 16.9 Å². The van der Waals surface area contributed by atoms with Gasteiger partial charge in [-0.05, 0) is 30.3 Å². The zero-order valence-electron chi connectivity index (χ0n) is 15.3. The number of ether oxygens (including phenoxy) is 2. The molecule has 0 bridgehead atoms. The lowest BCUT2D eigenvalue weighted by Crippen LogP contribution is -2.13. The number of rotatable bonds is 5. The lowest BCUT2D eigenvalue weighted by Gasteiger charge is -2.11. The number of carbonyl (C=O) groups is 1. The maximum absolute atomic E-state index is 12.9. The first kappa shape index (κ1) is 17.5. The molecule has 3 heterocycles. The Labute approximate surface area is 160 Å². The zero-order chi connectivity index (χ0) is 19.5. The van der Waals surface area contributed by atoms with E-state index >= 15 is 0 Å². The Hall–Kier alpha value is -3.94. The van der Waals surface area contributed by atoms with E-state index in [1.165, 1.54) is 13.3 Å². The fraction of sp³-hybridized carbons (Fsp3) is 0.100. The summed E-state index contributed by atoms with van der Waals surface area (Å²) in [6.45, 7) is 0. The average molecular weight is 375 g/mol. The Kier molecular flexibility index (Phi) is 4.59. The van der Waals surface area contributed by atoms with Crippen molar-refractivity contribution in [2.45, 2.75) is 0 Å². The van der Waals surface area contributed by atoms with Crippen LogP contribution in [0.1, 0.15) is 10.4 Å². The quantitative estimate of drug-likeness (QED) is 0.576. The van der Waals surface area contributed by atoms with Gasteiger partial charge in [-0.1, -0.05) is 0 Å². The molecule has 4 aromatic rings. The molecule has 0 radical (unpaired) electrons. The Balaban J connectivity index is 1.70. The number of anilines is 1. The second kappa shape index (κ2) is 7.36. The summed E-state index contributed by atoms with van der Waals surface area (Å²) in [7, 11) is 3.10. The van der Waals surface area contributed by atoms with Crippen LogP contribution in [0.2, 0.25) is 0 Å². The van der Waals surface area contributed by atoms with Crippen LogP contribution in [0.3, 0.4) is 0 Å². The van der Waals surface area contributed by atoms with E-state index < -0.39 is 0 Å². The second-order valence-corrected chi connectivity index (χ2v) is 5.88. The second-order valence-electron chi connectivity index (χ2n) is 5.88. The number of carbonyl (C=O) groups excluding carboxylic acids is 1. The van der Waals surface area contributed by atoms with Crippen LogP contribution in [0.15, 0.2) is 61.2 Å². The first-order chi connectivity index (χ1) is 13.7. The van der Waals surface area contributed by atoms with Gasteiger partial charge >= 0.3 is 0 Å². The van der Waals surface area contributed by atoms with Gasteiger partial charge in [-0.15, -0.1) is 0 Å². The number of nitrogens with zero attached hydrogens (tertiary/aromatic N) is 4. The van der Waals surface area contributed by atoms with Crippen molar-refractivity contribution in [3.8, 4) is 22.8 Å². The van der Waals surface area contributed by atoms with Gasteiger partial charge in [0.1, 0.15) is 17.1 Å². The summed E-state index contributed by atoms with van der Waals surface area (Å²) in [5.41, 5.74) is 3.08. The topological polar surface area (TPSA) is 90.6 Å². The molecule has 28 heavy (non-hydrogen) atoms. The van der Waals surface area contributed by atoms with Crippen LogP contribution in [0.4, 0.5) is 5.69 Å². The number of aromatic nitrogens is 4. The largest absolute Gasteiger partial charge is 0.497 e. The molecule has 1 aromatic carbocycles. The van der Waals surface area contributed by atoms with Gasteiger partial charge in [0, 0.05) is 30.2 Å². The average Bonchev–Trinajstić information content (AvgIpc) is 3.19. The summed E-state index contributed by atoms with van der Waals surface area (Å²) in [6, 6.07) is 10.7. The van der Waals surface area contributed by atoms with Gasteiger partial charge in [-0.25, -0.2) is 9.50 Å². The molecule has 1 N–H and O–H groups in total. The molecule has 0 aliphatic carbocycles. The number of pyridine rings is 1. The molecule has 8 heteroatoms. The Morgan fingerprint density at radius 3 is 2.61 bits per heavy atom. The summed E-state index contributed by atoms with van der Waals surface area (Å²) in [5, 5.41) is 7.19. The van der Waals surface area contributed by atoms with Gasteiger partial charge in [0.05, 0.1) is 31.8 Å². The molecule has 140 valence electrons. The van der Waals surface area contributed by atoms with Crippen molar-refractivity contribution in [3.63, 3.8) is 0 Å². The first-order valence-corrected chi connectivity index (χ1v) is 8.48. The summed E-state index contributed by atoms with van der Waals surface area (Å²) < 4.78 is 12.1. The number of amides is 1.